The van der Waals surface area contributed by atoms with Gasteiger partial charge in [0.2, 0.25) is 10.0 Å². The Kier molecular flexibility index (Phi) is 7.95. The van der Waals surface area contributed by atoms with E-state index in [0.29, 0.717) is 18.7 Å². The van der Waals surface area contributed by atoms with E-state index in [4.69, 9.17) is 9.88 Å². The number of sulfonamides is 1. The van der Waals surface area contributed by atoms with Gasteiger partial charge in [-0.05, 0) is 56.0 Å². The zero-order valence-electron chi connectivity index (χ0n) is 19.4. The maximum atomic E-state index is 12.9. The van der Waals surface area contributed by atoms with Gasteiger partial charge in [-0.1, -0.05) is 35.9 Å². The van der Waals surface area contributed by atoms with Crippen LogP contribution in [0.2, 0.25) is 0 Å². The first kappa shape index (κ1) is 25.3. The third kappa shape index (κ3) is 6.15. The molecule has 3 rings (SSSR count). The molecule has 0 unspecified atom stereocenters. The number of nitrogens with one attached hydrogen (secondary N) is 3. The standard InChI is InChI=1S/C24H30N4O5S/c1-4-33-23(29)21-20(14-26-12-11-17-7-9-18(10-8-17)34(25,31)32)27-24(30)28-22(21)19-13-15(2)5-6-16(19)3/h5-10,13-14,21-22,26H,4,11-12H2,1-3H3,(H2,25,31,32)(H2,27,28,30)/b20-14+/t21-,22+/m0/s1. The molecular weight excluding hydrogens is 456 g/mol. The van der Waals surface area contributed by atoms with Gasteiger partial charge in [-0.25, -0.2) is 18.4 Å². The molecule has 0 saturated carbocycles. The smallest absolute Gasteiger partial charge is 0.319 e. The number of esters is 1. The van der Waals surface area contributed by atoms with Crippen molar-refractivity contribution in [1.82, 2.24) is 16.0 Å². The molecule has 2 aromatic rings. The Labute approximate surface area is 199 Å². The third-order valence-electron chi connectivity index (χ3n) is 5.59. The maximum Gasteiger partial charge on any atom is 0.319 e. The topological polar surface area (TPSA) is 140 Å². The summed E-state index contributed by atoms with van der Waals surface area (Å²) < 4.78 is 28.1. The summed E-state index contributed by atoms with van der Waals surface area (Å²) >= 11 is 0. The number of rotatable bonds is 8. The minimum absolute atomic E-state index is 0.0542. The molecule has 1 saturated heterocycles. The third-order valence-corrected chi connectivity index (χ3v) is 6.52. The highest BCUT2D eigenvalue weighted by Crippen LogP contribution is 2.33. The Morgan fingerprint density at radius 1 is 1.18 bits per heavy atom. The number of primary sulfonamides is 1. The molecule has 0 aliphatic carbocycles. The summed E-state index contributed by atoms with van der Waals surface area (Å²) in [6.45, 7) is 6.35. The van der Waals surface area contributed by atoms with Crippen molar-refractivity contribution in [2.24, 2.45) is 11.1 Å². The number of aryl methyl sites for hydroxylation is 2. The second-order valence-corrected chi connectivity index (χ2v) is 9.72. The van der Waals surface area contributed by atoms with Crippen molar-refractivity contribution in [3.05, 3.63) is 76.6 Å². The molecule has 0 radical (unpaired) electrons. The molecule has 1 fully saturated rings. The van der Waals surface area contributed by atoms with Crippen LogP contribution < -0.4 is 21.1 Å². The number of amides is 2. The van der Waals surface area contributed by atoms with Gasteiger partial charge in [0.05, 0.1) is 23.2 Å². The number of carbonyl (C=O) groups is 2. The molecule has 2 amide bonds. The van der Waals surface area contributed by atoms with E-state index >= 15 is 0 Å². The highest BCUT2D eigenvalue weighted by Gasteiger charge is 2.40. The second kappa shape index (κ2) is 10.7. The van der Waals surface area contributed by atoms with Gasteiger partial charge >= 0.3 is 12.0 Å². The van der Waals surface area contributed by atoms with Gasteiger partial charge in [0.1, 0.15) is 5.92 Å². The first-order chi connectivity index (χ1) is 16.1. The monoisotopic (exact) mass is 486 g/mol. The maximum absolute atomic E-state index is 12.9. The second-order valence-electron chi connectivity index (χ2n) is 8.16. The first-order valence-corrected chi connectivity index (χ1v) is 12.5. The lowest BCUT2D eigenvalue weighted by Crippen LogP contribution is -2.52. The molecule has 9 nitrogen and oxygen atoms in total. The molecule has 34 heavy (non-hydrogen) atoms. The van der Waals surface area contributed by atoms with Crippen LogP contribution in [0.15, 0.2) is 59.3 Å². The van der Waals surface area contributed by atoms with E-state index in [2.05, 4.69) is 16.0 Å². The van der Waals surface area contributed by atoms with Crippen molar-refractivity contribution < 1.29 is 22.7 Å². The van der Waals surface area contributed by atoms with Crippen molar-refractivity contribution in [3.8, 4) is 0 Å². The molecule has 2 aromatic carbocycles. The lowest BCUT2D eigenvalue weighted by molar-refractivity contribution is -0.147. The molecule has 0 spiro atoms. The fourth-order valence-electron chi connectivity index (χ4n) is 3.87. The van der Waals surface area contributed by atoms with Crippen LogP contribution in [0, 0.1) is 19.8 Å². The molecule has 5 N–H and O–H groups in total. The number of ether oxygens (including phenoxy) is 1. The molecular formula is C24H30N4O5S. The van der Waals surface area contributed by atoms with Gasteiger partial charge in [-0.2, -0.15) is 0 Å². The number of carbonyl (C=O) groups excluding carboxylic acids is 2. The molecule has 1 heterocycles. The highest BCUT2D eigenvalue weighted by atomic mass is 32.2. The van der Waals surface area contributed by atoms with Crippen LogP contribution in [0.1, 0.15) is 35.2 Å². The molecule has 1 aliphatic heterocycles. The van der Waals surface area contributed by atoms with Crippen molar-refractivity contribution in [1.29, 1.82) is 0 Å². The molecule has 0 aromatic heterocycles. The van der Waals surface area contributed by atoms with Gasteiger partial charge in [0.15, 0.2) is 0 Å². The fraction of sp³-hybridized carbons (Fsp3) is 0.333. The van der Waals surface area contributed by atoms with E-state index in [-0.39, 0.29) is 11.5 Å². The van der Waals surface area contributed by atoms with Crippen LogP contribution in [-0.2, 0) is 26.0 Å². The average Bonchev–Trinajstić information content (AvgIpc) is 2.77. The van der Waals surface area contributed by atoms with Crippen LogP contribution in [-0.4, -0.2) is 33.6 Å². The Bertz CT molecular complexity index is 1190. The molecule has 1 aliphatic rings. The lowest BCUT2D eigenvalue weighted by Gasteiger charge is -2.34. The van der Waals surface area contributed by atoms with E-state index in [0.717, 1.165) is 22.3 Å². The van der Waals surface area contributed by atoms with Crippen molar-refractivity contribution in [3.63, 3.8) is 0 Å². The average molecular weight is 487 g/mol. The SMILES string of the molecule is CCOC(=O)[C@H]1/C(=C\NCCc2ccc(S(N)(=O)=O)cc2)NC(=O)N[C@@H]1c1cc(C)ccc1C. The van der Waals surface area contributed by atoms with Crippen molar-refractivity contribution >= 4 is 22.0 Å². The Morgan fingerprint density at radius 2 is 1.88 bits per heavy atom. The summed E-state index contributed by atoms with van der Waals surface area (Å²) in [4.78, 5) is 25.4. The van der Waals surface area contributed by atoms with Crippen LogP contribution in [0.25, 0.3) is 0 Å². The number of urea groups is 1. The zero-order chi connectivity index (χ0) is 24.9. The predicted molar refractivity (Wildman–Crippen MR) is 128 cm³/mol. The fourth-order valence-corrected chi connectivity index (χ4v) is 4.38. The molecule has 10 heteroatoms. The Morgan fingerprint density at radius 3 is 2.53 bits per heavy atom. The van der Waals surface area contributed by atoms with Gasteiger partial charge in [0, 0.05) is 12.7 Å². The summed E-state index contributed by atoms with van der Waals surface area (Å²) in [5.74, 6) is -1.19. The summed E-state index contributed by atoms with van der Waals surface area (Å²) in [7, 11) is -3.73. The van der Waals surface area contributed by atoms with E-state index < -0.39 is 34.0 Å². The van der Waals surface area contributed by atoms with Gasteiger partial charge in [-0.3, -0.25) is 4.79 Å². The number of hydrogen-bond acceptors (Lipinski definition) is 6. The normalized spacial score (nSPS) is 19.3. The van der Waals surface area contributed by atoms with E-state index in [1.807, 2.05) is 32.0 Å². The molecule has 2 atom stereocenters. The summed E-state index contributed by atoms with van der Waals surface area (Å²) in [6.07, 6.45) is 2.21. The van der Waals surface area contributed by atoms with E-state index in [1.54, 1.807) is 25.3 Å². The predicted octanol–water partition coefficient (Wildman–Crippen LogP) is 2.16. The van der Waals surface area contributed by atoms with Gasteiger partial charge < -0.3 is 20.7 Å². The molecule has 0 bridgehead atoms. The number of nitrogens with two attached hydrogens (primary N) is 1. The zero-order valence-corrected chi connectivity index (χ0v) is 20.2. The number of hydrogen-bond donors (Lipinski definition) is 4. The quantitative estimate of drug-likeness (QED) is 0.333. The number of benzene rings is 2. The summed E-state index contributed by atoms with van der Waals surface area (Å²) in [6, 6.07) is 11.2. The minimum atomic E-state index is -3.73. The van der Waals surface area contributed by atoms with Crippen LogP contribution in [0.5, 0.6) is 0 Å². The highest BCUT2D eigenvalue weighted by molar-refractivity contribution is 7.89. The van der Waals surface area contributed by atoms with E-state index in [9.17, 15) is 18.0 Å². The summed E-state index contributed by atoms with van der Waals surface area (Å²) in [5.41, 5.74) is 4.16. The van der Waals surface area contributed by atoms with Crippen LogP contribution >= 0.6 is 0 Å². The Balaban J connectivity index is 1.79. The minimum Gasteiger partial charge on any atom is -0.465 e. The van der Waals surface area contributed by atoms with Gasteiger partial charge in [0.25, 0.3) is 0 Å². The van der Waals surface area contributed by atoms with Crippen molar-refractivity contribution in [2.45, 2.75) is 38.1 Å². The van der Waals surface area contributed by atoms with Crippen molar-refractivity contribution in [2.75, 3.05) is 13.2 Å². The summed E-state index contributed by atoms with van der Waals surface area (Å²) in [5, 5.41) is 13.9. The Hall–Kier alpha value is -3.37. The van der Waals surface area contributed by atoms with Crippen LogP contribution in [0.4, 0.5) is 4.79 Å². The van der Waals surface area contributed by atoms with Crippen LogP contribution in [0.3, 0.4) is 0 Å². The molecule has 182 valence electrons. The first-order valence-electron chi connectivity index (χ1n) is 11.0. The largest absolute Gasteiger partial charge is 0.465 e. The van der Waals surface area contributed by atoms with Gasteiger partial charge in [-0.15, -0.1) is 0 Å². The van der Waals surface area contributed by atoms with E-state index in [1.165, 1.54) is 12.1 Å². The lowest BCUT2D eigenvalue weighted by atomic mass is 9.86.